The maximum atomic E-state index is 12.9. The molecule has 1 aliphatic rings. The topological polar surface area (TPSA) is 65.4 Å². The highest BCUT2D eigenvalue weighted by Crippen LogP contribution is 2.38. The first-order valence-corrected chi connectivity index (χ1v) is 14.4. The molecule has 2 heterocycles. The number of amides is 1. The number of thiophene rings is 1. The molecule has 0 spiro atoms. The van der Waals surface area contributed by atoms with E-state index in [0.29, 0.717) is 21.3 Å². The number of halogens is 2. The van der Waals surface area contributed by atoms with E-state index in [0.717, 1.165) is 49.2 Å². The van der Waals surface area contributed by atoms with Crippen LogP contribution in [-0.2, 0) is 21.7 Å². The van der Waals surface area contributed by atoms with Crippen LogP contribution in [0.15, 0.2) is 83.6 Å². The van der Waals surface area contributed by atoms with Crippen LogP contribution in [-0.4, -0.2) is 30.5 Å². The number of carbonyl (C=O) groups excluding carboxylic acids is 1. The number of benzene rings is 3. The highest BCUT2D eigenvalue weighted by atomic mass is 35.5. The third-order valence-corrected chi connectivity index (χ3v) is 8.18. The monoisotopic (exact) mass is 575 g/mol. The fourth-order valence-corrected chi connectivity index (χ4v) is 6.18. The van der Waals surface area contributed by atoms with Crippen molar-refractivity contribution in [1.82, 2.24) is 4.90 Å². The molecule has 198 valence electrons. The molecule has 0 saturated carbocycles. The lowest BCUT2D eigenvalue weighted by molar-refractivity contribution is -0.135. The van der Waals surface area contributed by atoms with E-state index < -0.39 is 5.60 Å². The van der Waals surface area contributed by atoms with Gasteiger partial charge < -0.3 is 10.1 Å². The summed E-state index contributed by atoms with van der Waals surface area (Å²) in [5.74, 6) is -0.265. The molecule has 0 bridgehead atoms. The number of carbonyl (C=O) groups is 1. The normalized spacial score (nSPS) is 15.0. The minimum absolute atomic E-state index is 0.0966. The van der Waals surface area contributed by atoms with Gasteiger partial charge in [-0.1, -0.05) is 59.6 Å². The van der Waals surface area contributed by atoms with Gasteiger partial charge in [0.1, 0.15) is 6.61 Å². The van der Waals surface area contributed by atoms with Gasteiger partial charge in [-0.25, -0.2) is 0 Å². The first kappa shape index (κ1) is 27.4. The van der Waals surface area contributed by atoms with E-state index in [-0.39, 0.29) is 12.5 Å². The van der Waals surface area contributed by atoms with Crippen LogP contribution in [0.4, 0.5) is 5.69 Å². The van der Waals surface area contributed by atoms with Gasteiger partial charge in [-0.3, -0.25) is 9.69 Å². The van der Waals surface area contributed by atoms with Crippen LogP contribution in [0.1, 0.15) is 29.5 Å². The number of piperidine rings is 1. The third kappa shape index (κ3) is 6.88. The first-order valence-electron chi connectivity index (χ1n) is 12.7. The molecule has 4 aromatic rings. The predicted molar refractivity (Wildman–Crippen MR) is 158 cm³/mol. The molecule has 1 N–H and O–H groups in total. The van der Waals surface area contributed by atoms with Crippen molar-refractivity contribution in [1.29, 1.82) is 5.26 Å². The predicted octanol–water partition coefficient (Wildman–Crippen LogP) is 7.74. The fourth-order valence-electron chi connectivity index (χ4n) is 4.99. The lowest BCUT2D eigenvalue weighted by Gasteiger charge is -2.42. The van der Waals surface area contributed by atoms with Crippen LogP contribution < -0.4 is 5.32 Å². The van der Waals surface area contributed by atoms with E-state index in [9.17, 15) is 10.1 Å². The number of nitrogens with one attached hydrogen (secondary N) is 1. The van der Waals surface area contributed by atoms with Crippen LogP contribution >= 0.6 is 34.5 Å². The van der Waals surface area contributed by atoms with Gasteiger partial charge in [0.05, 0.1) is 17.2 Å². The Hall–Kier alpha value is -3.18. The summed E-state index contributed by atoms with van der Waals surface area (Å²) in [6, 6.07) is 25.1. The molecule has 0 unspecified atom stereocenters. The summed E-state index contributed by atoms with van der Waals surface area (Å²) in [6.45, 7) is 2.52. The molecular weight excluding hydrogens is 549 g/mol. The highest BCUT2D eigenvalue weighted by Gasteiger charge is 2.38. The molecule has 1 aliphatic heterocycles. The van der Waals surface area contributed by atoms with Crippen molar-refractivity contribution < 1.29 is 9.53 Å². The highest BCUT2D eigenvalue weighted by molar-refractivity contribution is 7.07. The lowest BCUT2D eigenvalue weighted by atomic mass is 9.83. The molecule has 8 heteroatoms. The van der Waals surface area contributed by atoms with Gasteiger partial charge in [0.15, 0.2) is 0 Å². The summed E-state index contributed by atoms with van der Waals surface area (Å²) in [6.07, 6.45) is 1.52. The zero-order valence-electron chi connectivity index (χ0n) is 21.2. The second-order valence-corrected chi connectivity index (χ2v) is 11.3. The van der Waals surface area contributed by atoms with Crippen molar-refractivity contribution >= 4 is 46.1 Å². The summed E-state index contributed by atoms with van der Waals surface area (Å²) >= 11 is 13.9. The number of ether oxygens (including phenoxy) is 1. The van der Waals surface area contributed by atoms with Gasteiger partial charge in [-0.2, -0.15) is 16.6 Å². The molecule has 5 rings (SSSR count). The molecule has 39 heavy (non-hydrogen) atoms. The molecule has 0 aliphatic carbocycles. The van der Waals surface area contributed by atoms with Gasteiger partial charge in [0.25, 0.3) is 0 Å². The maximum Gasteiger partial charge on any atom is 0.250 e. The van der Waals surface area contributed by atoms with Gasteiger partial charge >= 0.3 is 0 Å². The number of hydrogen-bond acceptors (Lipinski definition) is 5. The Morgan fingerprint density at radius 1 is 1.00 bits per heavy atom. The molecule has 1 amide bonds. The van der Waals surface area contributed by atoms with E-state index in [1.165, 1.54) is 5.56 Å². The van der Waals surface area contributed by atoms with Gasteiger partial charge in [-0.05, 0) is 82.3 Å². The summed E-state index contributed by atoms with van der Waals surface area (Å²) in [7, 11) is 0. The number of nitriles is 1. The Morgan fingerprint density at radius 3 is 2.41 bits per heavy atom. The number of rotatable bonds is 8. The van der Waals surface area contributed by atoms with Crippen molar-refractivity contribution in [3.05, 3.63) is 110 Å². The van der Waals surface area contributed by atoms with Crippen LogP contribution in [0.2, 0.25) is 10.0 Å². The van der Waals surface area contributed by atoms with Crippen molar-refractivity contribution in [2.45, 2.75) is 25.0 Å². The van der Waals surface area contributed by atoms with Crippen LogP contribution in [0.3, 0.4) is 0 Å². The lowest BCUT2D eigenvalue weighted by Crippen LogP contribution is -2.45. The molecule has 1 aromatic heterocycles. The number of likely N-dealkylation sites (tertiary alicyclic amines) is 1. The SMILES string of the molecule is N#Cc1cccc(-c2ccc(C3(OCC(=O)Nc4cc(Cl)cc(Cl)c4)CCN(Cc4ccsc4)CC3)cc2)c1. The quantitative estimate of drug-likeness (QED) is 0.233. The van der Waals surface area contributed by atoms with Crippen LogP contribution in [0.5, 0.6) is 0 Å². The van der Waals surface area contributed by atoms with Crippen molar-refractivity contribution in [2.75, 3.05) is 25.0 Å². The molecule has 0 atom stereocenters. The van der Waals surface area contributed by atoms with Gasteiger partial charge in [-0.15, -0.1) is 0 Å². The van der Waals surface area contributed by atoms with Gasteiger partial charge in [0, 0.05) is 35.4 Å². The van der Waals surface area contributed by atoms with E-state index >= 15 is 0 Å². The average molecular weight is 577 g/mol. The minimum Gasteiger partial charge on any atom is -0.360 e. The summed E-state index contributed by atoms with van der Waals surface area (Å²) < 4.78 is 6.47. The zero-order chi connectivity index (χ0) is 27.2. The zero-order valence-corrected chi connectivity index (χ0v) is 23.5. The largest absolute Gasteiger partial charge is 0.360 e. The van der Waals surface area contributed by atoms with Crippen molar-refractivity contribution in [3.8, 4) is 17.2 Å². The Bertz CT molecular complexity index is 1450. The summed E-state index contributed by atoms with van der Waals surface area (Å²) in [5, 5.41) is 17.3. The van der Waals surface area contributed by atoms with Gasteiger partial charge in [0.2, 0.25) is 5.91 Å². The molecule has 1 fully saturated rings. The molecular formula is C31H27Cl2N3O2S. The molecule has 0 radical (unpaired) electrons. The molecule has 1 saturated heterocycles. The Balaban J connectivity index is 1.33. The standard InChI is InChI=1S/C31H27Cl2N3O2S/c32-27-15-28(33)17-29(16-27)35-30(37)20-38-31(9-11-36(12-10-31)19-23-8-13-39-21-23)26-6-4-24(5-7-26)25-3-1-2-22(14-25)18-34/h1-8,13-17,21H,9-12,19-20H2,(H,35,37). The van der Waals surface area contributed by atoms with E-state index in [4.69, 9.17) is 27.9 Å². The maximum absolute atomic E-state index is 12.9. The fraction of sp³-hybridized carbons (Fsp3) is 0.226. The van der Waals surface area contributed by atoms with Crippen molar-refractivity contribution in [3.63, 3.8) is 0 Å². The number of nitrogens with zero attached hydrogens (tertiary/aromatic N) is 2. The van der Waals surface area contributed by atoms with E-state index in [1.807, 2.05) is 18.2 Å². The number of hydrogen-bond donors (Lipinski definition) is 1. The molecule has 3 aromatic carbocycles. The summed E-state index contributed by atoms with van der Waals surface area (Å²) in [5.41, 5.74) is 4.93. The minimum atomic E-state index is -0.596. The van der Waals surface area contributed by atoms with E-state index in [1.54, 1.807) is 35.6 Å². The second kappa shape index (κ2) is 12.3. The van der Waals surface area contributed by atoms with Crippen LogP contribution in [0.25, 0.3) is 11.1 Å². The Morgan fingerprint density at radius 2 is 1.74 bits per heavy atom. The Kier molecular flexibility index (Phi) is 8.66. The first-order chi connectivity index (χ1) is 18.9. The van der Waals surface area contributed by atoms with Crippen LogP contribution in [0, 0.1) is 11.3 Å². The number of anilines is 1. The second-order valence-electron chi connectivity index (χ2n) is 9.67. The van der Waals surface area contributed by atoms with Crippen molar-refractivity contribution in [2.24, 2.45) is 0 Å². The third-order valence-electron chi connectivity index (χ3n) is 7.01. The smallest absolute Gasteiger partial charge is 0.250 e. The van der Waals surface area contributed by atoms with E-state index in [2.05, 4.69) is 57.4 Å². The summed E-state index contributed by atoms with van der Waals surface area (Å²) in [4.78, 5) is 15.3. The Labute approximate surface area is 242 Å². The molecule has 5 nitrogen and oxygen atoms in total. The average Bonchev–Trinajstić information content (AvgIpc) is 3.45.